The van der Waals surface area contributed by atoms with Crippen molar-refractivity contribution < 1.29 is 9.18 Å². The van der Waals surface area contributed by atoms with Gasteiger partial charge < -0.3 is 0 Å². The molecule has 0 N–H and O–H groups in total. The summed E-state index contributed by atoms with van der Waals surface area (Å²) in [5, 5.41) is 0. The van der Waals surface area contributed by atoms with Crippen LogP contribution in [0.1, 0.15) is 30.1 Å². The van der Waals surface area contributed by atoms with E-state index in [1.54, 1.807) is 18.2 Å². The van der Waals surface area contributed by atoms with Crippen molar-refractivity contribution in [3.05, 3.63) is 35.6 Å². The van der Waals surface area contributed by atoms with E-state index in [0.29, 0.717) is 6.04 Å². The van der Waals surface area contributed by atoms with Gasteiger partial charge in [0, 0.05) is 38.1 Å². The van der Waals surface area contributed by atoms with E-state index in [2.05, 4.69) is 9.80 Å². The molecule has 2 aliphatic heterocycles. The number of carbonyl (C=O) groups is 1. The lowest BCUT2D eigenvalue weighted by Gasteiger charge is -2.38. The van der Waals surface area contributed by atoms with Crippen molar-refractivity contribution >= 4 is 5.78 Å². The first-order valence-electron chi connectivity index (χ1n) is 7.90. The summed E-state index contributed by atoms with van der Waals surface area (Å²) in [6.45, 7) is 7.04. The SMILES string of the molecule is CC(CN1CCN2CCCC2C1)C(=O)c1ccccc1F. The van der Waals surface area contributed by atoms with Gasteiger partial charge in [-0.1, -0.05) is 19.1 Å². The number of piperazine rings is 1. The number of rotatable bonds is 4. The van der Waals surface area contributed by atoms with E-state index in [1.165, 1.54) is 25.5 Å². The lowest BCUT2D eigenvalue weighted by atomic mass is 9.97. The fourth-order valence-corrected chi connectivity index (χ4v) is 3.62. The van der Waals surface area contributed by atoms with Crippen LogP contribution in [0.15, 0.2) is 24.3 Å². The summed E-state index contributed by atoms with van der Waals surface area (Å²) in [6, 6.07) is 6.95. The Morgan fingerprint density at radius 1 is 1.33 bits per heavy atom. The molecule has 2 atom stereocenters. The number of Topliss-reactive ketones (excluding diaryl/α,β-unsaturated/α-hetero) is 1. The fraction of sp³-hybridized carbons (Fsp3) is 0.588. The van der Waals surface area contributed by atoms with E-state index in [9.17, 15) is 9.18 Å². The average molecular weight is 290 g/mol. The maximum Gasteiger partial charge on any atom is 0.169 e. The van der Waals surface area contributed by atoms with Crippen LogP contribution in [0.4, 0.5) is 4.39 Å². The smallest absolute Gasteiger partial charge is 0.169 e. The van der Waals surface area contributed by atoms with Crippen LogP contribution in [0.2, 0.25) is 0 Å². The van der Waals surface area contributed by atoms with Gasteiger partial charge in [0.05, 0.1) is 5.56 Å². The summed E-state index contributed by atoms with van der Waals surface area (Å²) in [7, 11) is 0. The molecule has 0 bridgehead atoms. The maximum atomic E-state index is 13.7. The second-order valence-corrected chi connectivity index (χ2v) is 6.34. The van der Waals surface area contributed by atoms with Gasteiger partial charge in [0.2, 0.25) is 0 Å². The van der Waals surface area contributed by atoms with E-state index in [1.807, 2.05) is 6.92 Å². The number of nitrogens with zero attached hydrogens (tertiary/aromatic N) is 2. The van der Waals surface area contributed by atoms with E-state index in [-0.39, 0.29) is 17.3 Å². The lowest BCUT2D eigenvalue weighted by molar-refractivity contribution is 0.0760. The summed E-state index contributed by atoms with van der Waals surface area (Å²) in [6.07, 6.45) is 2.56. The molecule has 3 nitrogen and oxygen atoms in total. The molecule has 2 saturated heterocycles. The quantitative estimate of drug-likeness (QED) is 0.796. The predicted molar refractivity (Wildman–Crippen MR) is 80.9 cm³/mol. The Morgan fingerprint density at radius 3 is 2.95 bits per heavy atom. The van der Waals surface area contributed by atoms with Crippen LogP contribution in [-0.2, 0) is 0 Å². The molecule has 0 radical (unpaired) electrons. The molecule has 2 fully saturated rings. The molecule has 4 heteroatoms. The zero-order valence-corrected chi connectivity index (χ0v) is 12.6. The van der Waals surface area contributed by atoms with Gasteiger partial charge in [0.15, 0.2) is 5.78 Å². The Kier molecular flexibility index (Phi) is 4.36. The van der Waals surface area contributed by atoms with Crippen LogP contribution < -0.4 is 0 Å². The number of hydrogen-bond acceptors (Lipinski definition) is 3. The van der Waals surface area contributed by atoms with Gasteiger partial charge in [0.25, 0.3) is 0 Å². The summed E-state index contributed by atoms with van der Waals surface area (Å²) < 4.78 is 13.7. The molecule has 2 heterocycles. The molecule has 0 amide bonds. The zero-order chi connectivity index (χ0) is 14.8. The highest BCUT2D eigenvalue weighted by molar-refractivity contribution is 5.98. The molecule has 0 aromatic heterocycles. The van der Waals surface area contributed by atoms with E-state index in [0.717, 1.165) is 26.2 Å². The topological polar surface area (TPSA) is 23.6 Å². The largest absolute Gasteiger partial charge is 0.300 e. The van der Waals surface area contributed by atoms with Crippen molar-refractivity contribution in [2.75, 3.05) is 32.7 Å². The summed E-state index contributed by atoms with van der Waals surface area (Å²) >= 11 is 0. The molecule has 3 rings (SSSR count). The Morgan fingerprint density at radius 2 is 2.14 bits per heavy atom. The molecular weight excluding hydrogens is 267 g/mol. The second-order valence-electron chi connectivity index (χ2n) is 6.34. The van der Waals surface area contributed by atoms with Crippen LogP contribution in [0, 0.1) is 11.7 Å². The normalized spacial score (nSPS) is 24.8. The lowest BCUT2D eigenvalue weighted by Crippen LogP contribution is -2.51. The summed E-state index contributed by atoms with van der Waals surface area (Å²) in [5.41, 5.74) is 0.226. The third-order valence-corrected chi connectivity index (χ3v) is 4.79. The van der Waals surface area contributed by atoms with Gasteiger partial charge in [-0.05, 0) is 31.5 Å². The minimum Gasteiger partial charge on any atom is -0.300 e. The molecule has 2 aliphatic rings. The number of carbonyl (C=O) groups excluding carboxylic acids is 1. The fourth-order valence-electron chi connectivity index (χ4n) is 3.62. The molecule has 2 unspecified atom stereocenters. The molecule has 0 spiro atoms. The molecule has 1 aromatic rings. The van der Waals surface area contributed by atoms with Crippen LogP contribution in [-0.4, -0.2) is 54.3 Å². The monoisotopic (exact) mass is 290 g/mol. The number of ketones is 1. The zero-order valence-electron chi connectivity index (χ0n) is 12.6. The van der Waals surface area contributed by atoms with Crippen molar-refractivity contribution in [1.29, 1.82) is 0 Å². The Labute approximate surface area is 125 Å². The Hall–Kier alpha value is -1.26. The van der Waals surface area contributed by atoms with Gasteiger partial charge in [-0.25, -0.2) is 4.39 Å². The summed E-state index contributed by atoms with van der Waals surface area (Å²) in [4.78, 5) is 17.3. The molecule has 1 aromatic carbocycles. The van der Waals surface area contributed by atoms with E-state index >= 15 is 0 Å². The molecular formula is C17H23FN2O. The van der Waals surface area contributed by atoms with Crippen molar-refractivity contribution in [1.82, 2.24) is 9.80 Å². The van der Waals surface area contributed by atoms with Gasteiger partial charge in [-0.2, -0.15) is 0 Å². The minimum atomic E-state index is -0.407. The van der Waals surface area contributed by atoms with Crippen LogP contribution in [0.5, 0.6) is 0 Å². The van der Waals surface area contributed by atoms with Crippen molar-refractivity contribution in [2.24, 2.45) is 5.92 Å². The molecule has 21 heavy (non-hydrogen) atoms. The number of benzene rings is 1. The first kappa shape index (κ1) is 14.7. The van der Waals surface area contributed by atoms with Crippen LogP contribution in [0.3, 0.4) is 0 Å². The molecule has 114 valence electrons. The second kappa shape index (κ2) is 6.24. The third-order valence-electron chi connectivity index (χ3n) is 4.79. The van der Waals surface area contributed by atoms with Gasteiger partial charge in [-0.3, -0.25) is 14.6 Å². The van der Waals surface area contributed by atoms with Gasteiger partial charge in [-0.15, -0.1) is 0 Å². The maximum absolute atomic E-state index is 13.7. The number of fused-ring (bicyclic) bond motifs is 1. The minimum absolute atomic E-state index is 0.0815. The van der Waals surface area contributed by atoms with Crippen LogP contribution >= 0.6 is 0 Å². The number of halogens is 1. The Bertz CT molecular complexity index is 519. The first-order valence-corrected chi connectivity index (χ1v) is 7.90. The Balaban J connectivity index is 1.60. The standard InChI is InChI=1S/C17H23FN2O/c1-13(17(21)15-6-2-3-7-16(15)18)11-19-9-10-20-8-4-5-14(20)12-19/h2-3,6-7,13-14H,4-5,8-12H2,1H3. The molecule has 0 saturated carbocycles. The summed E-state index contributed by atoms with van der Waals surface area (Å²) in [5.74, 6) is -0.647. The van der Waals surface area contributed by atoms with Gasteiger partial charge in [0.1, 0.15) is 5.82 Å². The van der Waals surface area contributed by atoms with E-state index in [4.69, 9.17) is 0 Å². The first-order chi connectivity index (χ1) is 10.1. The highest BCUT2D eigenvalue weighted by Gasteiger charge is 2.31. The molecule has 0 aliphatic carbocycles. The highest BCUT2D eigenvalue weighted by atomic mass is 19.1. The average Bonchev–Trinajstić information content (AvgIpc) is 2.94. The van der Waals surface area contributed by atoms with Crippen LogP contribution in [0.25, 0.3) is 0 Å². The van der Waals surface area contributed by atoms with E-state index < -0.39 is 5.82 Å². The third kappa shape index (κ3) is 3.16. The van der Waals surface area contributed by atoms with Crippen molar-refractivity contribution in [2.45, 2.75) is 25.8 Å². The highest BCUT2D eigenvalue weighted by Crippen LogP contribution is 2.22. The predicted octanol–water partition coefficient (Wildman–Crippen LogP) is 2.42. The van der Waals surface area contributed by atoms with Gasteiger partial charge >= 0.3 is 0 Å². The van der Waals surface area contributed by atoms with Crippen molar-refractivity contribution in [3.63, 3.8) is 0 Å². The number of hydrogen-bond donors (Lipinski definition) is 0. The van der Waals surface area contributed by atoms with Crippen molar-refractivity contribution in [3.8, 4) is 0 Å².